The fraction of sp³-hybridized carbons (Fsp3) is 0.750. The predicted octanol–water partition coefficient (Wildman–Crippen LogP) is 1.93. The van der Waals surface area contributed by atoms with E-state index >= 15 is 0 Å². The van der Waals surface area contributed by atoms with Gasteiger partial charge >= 0.3 is 0 Å². The van der Waals surface area contributed by atoms with Crippen LogP contribution in [0.3, 0.4) is 0 Å². The number of likely N-dealkylation sites (tertiary alicyclic amines) is 1. The van der Waals surface area contributed by atoms with Crippen LogP contribution in [-0.4, -0.2) is 42.6 Å². The van der Waals surface area contributed by atoms with Crippen molar-refractivity contribution in [2.24, 2.45) is 0 Å². The number of hydrogen-bond acceptors (Lipinski definition) is 4. The smallest absolute Gasteiger partial charge is 0.0965 e. The average Bonchev–Trinajstić information content (AvgIpc) is 2.83. The maximum atomic E-state index is 4.39. The van der Waals surface area contributed by atoms with Gasteiger partial charge in [0.15, 0.2) is 0 Å². The van der Waals surface area contributed by atoms with Gasteiger partial charge < -0.3 is 10.2 Å². The summed E-state index contributed by atoms with van der Waals surface area (Å²) in [5.41, 5.74) is 0. The normalized spacial score (nSPS) is 21.1. The molecule has 2 heterocycles. The number of thiazole rings is 1. The summed E-state index contributed by atoms with van der Waals surface area (Å²) >= 11 is 1.77. The van der Waals surface area contributed by atoms with Crippen molar-refractivity contribution in [3.05, 3.63) is 16.6 Å². The SMILES string of the molecule is CNC1CCN(CC(C)c2nccs2)CC1. The number of piperidine rings is 1. The zero-order valence-corrected chi connectivity index (χ0v) is 11.0. The van der Waals surface area contributed by atoms with Gasteiger partial charge in [-0.15, -0.1) is 11.3 Å². The predicted molar refractivity (Wildman–Crippen MR) is 69.1 cm³/mol. The summed E-state index contributed by atoms with van der Waals surface area (Å²) in [6.07, 6.45) is 4.46. The maximum absolute atomic E-state index is 4.39. The van der Waals surface area contributed by atoms with Crippen molar-refractivity contribution in [3.8, 4) is 0 Å². The summed E-state index contributed by atoms with van der Waals surface area (Å²) in [5, 5.41) is 6.71. The van der Waals surface area contributed by atoms with Gasteiger partial charge in [-0.2, -0.15) is 0 Å². The van der Waals surface area contributed by atoms with Crippen molar-refractivity contribution in [2.75, 3.05) is 26.7 Å². The summed E-state index contributed by atoms with van der Waals surface area (Å²) in [6.45, 7) is 5.88. The van der Waals surface area contributed by atoms with E-state index in [0.717, 1.165) is 12.6 Å². The Labute approximate surface area is 102 Å². The average molecular weight is 239 g/mol. The van der Waals surface area contributed by atoms with Crippen LogP contribution in [0.5, 0.6) is 0 Å². The lowest BCUT2D eigenvalue weighted by Gasteiger charge is -2.33. The minimum Gasteiger partial charge on any atom is -0.317 e. The first-order valence-electron chi connectivity index (χ1n) is 6.08. The first-order valence-corrected chi connectivity index (χ1v) is 6.96. The molecule has 3 nitrogen and oxygen atoms in total. The zero-order valence-electron chi connectivity index (χ0n) is 10.1. The van der Waals surface area contributed by atoms with E-state index in [1.54, 1.807) is 11.3 Å². The molecule has 1 saturated heterocycles. The van der Waals surface area contributed by atoms with Gasteiger partial charge in [-0.3, -0.25) is 0 Å². The molecular weight excluding hydrogens is 218 g/mol. The quantitative estimate of drug-likeness (QED) is 0.870. The molecule has 0 saturated carbocycles. The topological polar surface area (TPSA) is 28.2 Å². The molecule has 0 aliphatic carbocycles. The Morgan fingerprint density at radius 3 is 2.88 bits per heavy atom. The molecule has 1 aromatic heterocycles. The molecule has 0 spiro atoms. The zero-order chi connectivity index (χ0) is 11.4. The monoisotopic (exact) mass is 239 g/mol. The number of hydrogen-bond donors (Lipinski definition) is 1. The summed E-state index contributed by atoms with van der Waals surface area (Å²) in [5.74, 6) is 0.575. The highest BCUT2D eigenvalue weighted by atomic mass is 32.1. The molecule has 0 amide bonds. The lowest BCUT2D eigenvalue weighted by molar-refractivity contribution is 0.194. The summed E-state index contributed by atoms with van der Waals surface area (Å²) in [4.78, 5) is 6.96. The van der Waals surface area contributed by atoms with E-state index in [2.05, 4.69) is 34.6 Å². The van der Waals surface area contributed by atoms with Crippen LogP contribution < -0.4 is 5.32 Å². The van der Waals surface area contributed by atoms with E-state index < -0.39 is 0 Å². The number of aromatic nitrogens is 1. The van der Waals surface area contributed by atoms with Crippen LogP contribution in [-0.2, 0) is 0 Å². The summed E-state index contributed by atoms with van der Waals surface area (Å²) < 4.78 is 0. The van der Waals surface area contributed by atoms with Crippen molar-refractivity contribution >= 4 is 11.3 Å². The molecule has 1 unspecified atom stereocenters. The molecule has 0 bridgehead atoms. The fourth-order valence-corrected chi connectivity index (χ4v) is 3.04. The molecule has 2 rings (SSSR count). The second-order valence-corrected chi connectivity index (χ2v) is 5.56. The van der Waals surface area contributed by atoms with Gasteiger partial charge in [-0.1, -0.05) is 6.92 Å². The Kier molecular flexibility index (Phi) is 4.32. The maximum Gasteiger partial charge on any atom is 0.0965 e. The highest BCUT2D eigenvalue weighted by molar-refractivity contribution is 7.09. The van der Waals surface area contributed by atoms with Crippen molar-refractivity contribution in [3.63, 3.8) is 0 Å². The highest BCUT2D eigenvalue weighted by Crippen LogP contribution is 2.20. The van der Waals surface area contributed by atoms with Gasteiger partial charge in [-0.05, 0) is 33.0 Å². The van der Waals surface area contributed by atoms with Crippen LogP contribution in [0.2, 0.25) is 0 Å². The van der Waals surface area contributed by atoms with E-state index in [9.17, 15) is 0 Å². The molecule has 1 fully saturated rings. The molecule has 1 aliphatic heterocycles. The molecule has 1 aliphatic rings. The third-order valence-corrected chi connectivity index (χ3v) is 4.41. The van der Waals surface area contributed by atoms with Gasteiger partial charge in [0.2, 0.25) is 0 Å². The number of rotatable bonds is 4. The van der Waals surface area contributed by atoms with Crippen molar-refractivity contribution in [1.29, 1.82) is 0 Å². The van der Waals surface area contributed by atoms with Crippen LogP contribution in [0.1, 0.15) is 30.7 Å². The van der Waals surface area contributed by atoms with E-state index in [4.69, 9.17) is 0 Å². The molecular formula is C12H21N3S. The third-order valence-electron chi connectivity index (χ3n) is 3.40. The molecule has 90 valence electrons. The van der Waals surface area contributed by atoms with E-state index in [0.29, 0.717) is 5.92 Å². The van der Waals surface area contributed by atoms with Crippen LogP contribution in [0.4, 0.5) is 0 Å². The molecule has 0 aromatic carbocycles. The molecule has 1 aromatic rings. The highest BCUT2D eigenvalue weighted by Gasteiger charge is 2.20. The largest absolute Gasteiger partial charge is 0.317 e. The van der Waals surface area contributed by atoms with Crippen LogP contribution >= 0.6 is 11.3 Å². The van der Waals surface area contributed by atoms with Gasteiger partial charge in [0.1, 0.15) is 0 Å². The lowest BCUT2D eigenvalue weighted by atomic mass is 10.0. The second kappa shape index (κ2) is 5.75. The minimum absolute atomic E-state index is 0.575. The lowest BCUT2D eigenvalue weighted by Crippen LogP contribution is -2.42. The van der Waals surface area contributed by atoms with E-state index in [1.165, 1.54) is 30.9 Å². The summed E-state index contributed by atoms with van der Waals surface area (Å²) in [6, 6.07) is 0.728. The standard InChI is InChI=1S/C12H21N3S/c1-10(12-14-5-8-16-12)9-15-6-3-11(13-2)4-7-15/h5,8,10-11,13H,3-4,6-7,9H2,1-2H3. The van der Waals surface area contributed by atoms with Crippen LogP contribution in [0.15, 0.2) is 11.6 Å². The van der Waals surface area contributed by atoms with Gasteiger partial charge in [0.05, 0.1) is 5.01 Å². The Morgan fingerprint density at radius 2 is 2.31 bits per heavy atom. The first kappa shape index (κ1) is 12.0. The Hall–Kier alpha value is -0.450. The van der Waals surface area contributed by atoms with Crippen molar-refractivity contribution < 1.29 is 0 Å². The Bertz CT molecular complexity index is 291. The minimum atomic E-state index is 0.575. The Balaban J connectivity index is 1.78. The van der Waals surface area contributed by atoms with Gasteiger partial charge in [0.25, 0.3) is 0 Å². The summed E-state index contributed by atoms with van der Waals surface area (Å²) in [7, 11) is 2.07. The Morgan fingerprint density at radius 1 is 1.56 bits per heavy atom. The van der Waals surface area contributed by atoms with Crippen LogP contribution in [0.25, 0.3) is 0 Å². The second-order valence-electron chi connectivity index (χ2n) is 4.63. The van der Waals surface area contributed by atoms with Crippen LogP contribution in [0, 0.1) is 0 Å². The number of nitrogens with zero attached hydrogens (tertiary/aromatic N) is 2. The van der Waals surface area contributed by atoms with Gasteiger partial charge in [0, 0.05) is 30.1 Å². The van der Waals surface area contributed by atoms with Crippen molar-refractivity contribution in [2.45, 2.75) is 31.7 Å². The molecule has 4 heteroatoms. The van der Waals surface area contributed by atoms with Gasteiger partial charge in [-0.25, -0.2) is 4.98 Å². The molecule has 0 radical (unpaired) electrons. The van der Waals surface area contributed by atoms with E-state index in [-0.39, 0.29) is 0 Å². The third kappa shape index (κ3) is 3.03. The first-order chi connectivity index (χ1) is 7.79. The fourth-order valence-electron chi connectivity index (χ4n) is 2.35. The van der Waals surface area contributed by atoms with Crippen molar-refractivity contribution in [1.82, 2.24) is 15.2 Å². The molecule has 1 atom stereocenters. The number of nitrogens with one attached hydrogen (secondary N) is 1. The molecule has 1 N–H and O–H groups in total. The molecule has 16 heavy (non-hydrogen) atoms. The van der Waals surface area contributed by atoms with E-state index in [1.807, 2.05) is 6.20 Å².